The van der Waals surface area contributed by atoms with Gasteiger partial charge in [0, 0.05) is 49.4 Å². The van der Waals surface area contributed by atoms with Gasteiger partial charge in [0.05, 0.1) is 11.2 Å². The van der Waals surface area contributed by atoms with Gasteiger partial charge in [0.25, 0.3) is 5.92 Å². The predicted octanol–water partition coefficient (Wildman–Crippen LogP) is 3.28. The number of aliphatic hydroxyl groups excluding tert-OH is 1. The van der Waals surface area contributed by atoms with Gasteiger partial charge in [0.1, 0.15) is 12.4 Å². The average molecular weight is 459 g/mol. The van der Waals surface area contributed by atoms with Gasteiger partial charge in [0.2, 0.25) is 0 Å². The van der Waals surface area contributed by atoms with Gasteiger partial charge in [-0.3, -0.25) is 4.90 Å². The van der Waals surface area contributed by atoms with Gasteiger partial charge in [-0.1, -0.05) is 0 Å². The molecule has 12 heteroatoms. The Morgan fingerprint density at radius 2 is 1.78 bits per heavy atom. The molecule has 2 bridgehead atoms. The molecule has 6 rings (SSSR count). The molecule has 3 N–H and O–H groups in total. The summed E-state index contributed by atoms with van der Waals surface area (Å²) in [6.07, 6.45) is 0.0804. The van der Waals surface area contributed by atoms with E-state index in [0.29, 0.717) is 24.6 Å². The Labute approximate surface area is 180 Å². The SMILES string of the molecule is Nc1ncc(-c2cn(C34CC(N5CCC(F)(F)CC5)(C3)C4)c(CO)n2)cc1OC(F)(F)F. The number of ether oxygens (including phenoxy) is 1. The molecule has 0 radical (unpaired) electrons. The third-order valence-corrected chi connectivity index (χ3v) is 6.97. The molecule has 7 nitrogen and oxygen atoms in total. The van der Waals surface area contributed by atoms with Crippen molar-refractivity contribution in [2.24, 2.45) is 0 Å². The molecule has 1 saturated heterocycles. The highest BCUT2D eigenvalue weighted by molar-refractivity contribution is 5.64. The van der Waals surface area contributed by atoms with Crippen molar-refractivity contribution >= 4 is 5.82 Å². The number of imidazole rings is 1. The number of hydrogen-bond donors (Lipinski definition) is 2. The van der Waals surface area contributed by atoms with Crippen molar-refractivity contribution < 1.29 is 31.8 Å². The van der Waals surface area contributed by atoms with Crippen LogP contribution in [0.5, 0.6) is 5.75 Å². The number of nitrogens with two attached hydrogens (primary N) is 1. The number of aliphatic hydroxyl groups is 1. The van der Waals surface area contributed by atoms with E-state index in [2.05, 4.69) is 19.6 Å². The van der Waals surface area contributed by atoms with Gasteiger partial charge in [0.15, 0.2) is 11.6 Å². The van der Waals surface area contributed by atoms with Gasteiger partial charge in [-0.25, -0.2) is 18.7 Å². The highest BCUT2D eigenvalue weighted by Crippen LogP contribution is 2.68. The molecule has 2 aromatic heterocycles. The summed E-state index contributed by atoms with van der Waals surface area (Å²) in [5, 5.41) is 9.81. The minimum Gasteiger partial charge on any atom is -0.402 e. The lowest BCUT2D eigenvalue weighted by Gasteiger charge is -2.74. The van der Waals surface area contributed by atoms with Crippen molar-refractivity contribution in [3.05, 3.63) is 24.3 Å². The Hall–Kier alpha value is -2.47. The summed E-state index contributed by atoms with van der Waals surface area (Å²) in [6.45, 7) is 0.382. The van der Waals surface area contributed by atoms with Crippen LogP contribution in [-0.4, -0.2) is 55.5 Å². The van der Waals surface area contributed by atoms with E-state index in [1.807, 2.05) is 4.57 Å². The van der Waals surface area contributed by atoms with E-state index in [1.165, 1.54) is 6.20 Å². The quantitative estimate of drug-likeness (QED) is 0.668. The molecule has 3 heterocycles. The number of anilines is 1. The maximum atomic E-state index is 13.5. The summed E-state index contributed by atoms with van der Waals surface area (Å²) >= 11 is 0. The molecule has 32 heavy (non-hydrogen) atoms. The van der Waals surface area contributed by atoms with Crippen molar-refractivity contribution in [3.8, 4) is 17.0 Å². The number of likely N-dealkylation sites (tertiary alicyclic amines) is 1. The van der Waals surface area contributed by atoms with E-state index in [0.717, 1.165) is 25.3 Å². The minimum absolute atomic E-state index is 0.0931. The third kappa shape index (κ3) is 3.40. The molecule has 174 valence electrons. The van der Waals surface area contributed by atoms with Crippen LogP contribution in [0.4, 0.5) is 27.8 Å². The number of pyridine rings is 1. The van der Waals surface area contributed by atoms with Gasteiger partial charge in [-0.2, -0.15) is 0 Å². The number of alkyl halides is 5. The van der Waals surface area contributed by atoms with Crippen LogP contribution in [0.2, 0.25) is 0 Å². The summed E-state index contributed by atoms with van der Waals surface area (Å²) in [5.74, 6) is -3.24. The molecular weight excluding hydrogens is 437 g/mol. The van der Waals surface area contributed by atoms with Gasteiger partial charge < -0.3 is 20.1 Å². The van der Waals surface area contributed by atoms with Crippen LogP contribution in [0.25, 0.3) is 11.3 Å². The zero-order valence-corrected chi connectivity index (χ0v) is 17.0. The zero-order chi connectivity index (χ0) is 22.9. The standard InChI is InChI=1S/C20H22F5N5O2/c21-19(22)1-3-29(4-2-19)17-9-18(10-17,11-17)30-7-13(28-15(30)8-31)12-5-14(16(26)27-6-12)32-20(23,24)25/h5-7,31H,1-4,8-11H2,(H2,26,27). The van der Waals surface area contributed by atoms with E-state index in [4.69, 9.17) is 5.73 Å². The Morgan fingerprint density at radius 3 is 2.38 bits per heavy atom. The van der Waals surface area contributed by atoms with Gasteiger partial charge >= 0.3 is 6.36 Å². The fourth-order valence-corrected chi connectivity index (χ4v) is 5.46. The fourth-order valence-electron chi connectivity index (χ4n) is 5.46. The normalized spacial score (nSPS) is 29.3. The monoisotopic (exact) mass is 459 g/mol. The molecule has 0 unspecified atom stereocenters. The Morgan fingerprint density at radius 1 is 1.12 bits per heavy atom. The minimum atomic E-state index is -4.91. The Bertz CT molecular complexity index is 1020. The van der Waals surface area contributed by atoms with Crippen LogP contribution in [0.1, 0.15) is 37.9 Å². The molecule has 0 spiro atoms. The third-order valence-electron chi connectivity index (χ3n) is 6.97. The molecule has 2 aromatic rings. The topological polar surface area (TPSA) is 89.4 Å². The molecule has 1 aliphatic heterocycles. The van der Waals surface area contributed by atoms with Crippen molar-refractivity contribution in [3.63, 3.8) is 0 Å². The summed E-state index contributed by atoms with van der Waals surface area (Å²) in [7, 11) is 0. The number of rotatable bonds is 5. The van der Waals surface area contributed by atoms with Gasteiger partial charge in [-0.15, -0.1) is 13.2 Å². The number of nitrogens with zero attached hydrogens (tertiary/aromatic N) is 4. The van der Waals surface area contributed by atoms with Crippen molar-refractivity contribution in [2.45, 2.75) is 62.1 Å². The second kappa shape index (κ2) is 6.77. The number of piperidine rings is 1. The Balaban J connectivity index is 1.36. The summed E-state index contributed by atoms with van der Waals surface area (Å²) in [5.41, 5.74) is 5.74. The van der Waals surface area contributed by atoms with Crippen LogP contribution in [0, 0.1) is 0 Å². The van der Waals surface area contributed by atoms with Crippen molar-refractivity contribution in [2.75, 3.05) is 18.8 Å². The highest BCUT2D eigenvalue weighted by Gasteiger charge is 2.71. The first-order chi connectivity index (χ1) is 14.9. The first-order valence-electron chi connectivity index (χ1n) is 10.3. The predicted molar refractivity (Wildman–Crippen MR) is 103 cm³/mol. The molecule has 0 aromatic carbocycles. The van der Waals surface area contributed by atoms with Crippen LogP contribution < -0.4 is 10.5 Å². The van der Waals surface area contributed by atoms with Crippen LogP contribution in [0.15, 0.2) is 18.5 Å². The summed E-state index contributed by atoms with van der Waals surface area (Å²) < 4.78 is 70.7. The number of halogens is 5. The van der Waals surface area contributed by atoms with E-state index in [-0.39, 0.29) is 36.1 Å². The second-order valence-corrected chi connectivity index (χ2v) is 9.05. The molecule has 3 saturated carbocycles. The Kier molecular flexibility index (Phi) is 4.52. The second-order valence-electron chi connectivity index (χ2n) is 9.05. The largest absolute Gasteiger partial charge is 0.573 e. The number of hydrogen-bond acceptors (Lipinski definition) is 6. The van der Waals surface area contributed by atoms with Crippen molar-refractivity contribution in [1.82, 2.24) is 19.4 Å². The first-order valence-corrected chi connectivity index (χ1v) is 10.3. The smallest absolute Gasteiger partial charge is 0.402 e. The van der Waals surface area contributed by atoms with Gasteiger partial charge in [-0.05, 0) is 25.3 Å². The lowest BCUT2D eigenvalue weighted by atomic mass is 9.43. The molecule has 0 atom stereocenters. The van der Waals surface area contributed by atoms with Crippen LogP contribution >= 0.6 is 0 Å². The van der Waals surface area contributed by atoms with E-state index >= 15 is 0 Å². The van der Waals surface area contributed by atoms with E-state index in [1.54, 1.807) is 6.20 Å². The maximum Gasteiger partial charge on any atom is 0.573 e. The molecule has 4 fully saturated rings. The van der Waals surface area contributed by atoms with Crippen LogP contribution in [-0.2, 0) is 12.1 Å². The van der Waals surface area contributed by atoms with Crippen molar-refractivity contribution in [1.29, 1.82) is 0 Å². The van der Waals surface area contributed by atoms with E-state index in [9.17, 15) is 27.1 Å². The average Bonchev–Trinajstić information content (AvgIpc) is 3.06. The summed E-state index contributed by atoms with van der Waals surface area (Å²) in [6, 6.07) is 1.11. The molecule has 3 aliphatic carbocycles. The first kappa shape index (κ1) is 21.4. The molecule has 4 aliphatic rings. The fraction of sp³-hybridized carbons (Fsp3) is 0.600. The number of aromatic nitrogens is 3. The summed E-state index contributed by atoms with van der Waals surface area (Å²) in [4.78, 5) is 10.3. The number of nitrogen functional groups attached to an aromatic ring is 1. The maximum absolute atomic E-state index is 13.5. The lowest BCUT2D eigenvalue weighted by molar-refractivity contribution is -0.274. The zero-order valence-electron chi connectivity index (χ0n) is 17.0. The molecular formula is C20H22F5N5O2. The lowest BCUT2D eigenvalue weighted by Crippen LogP contribution is -2.79. The van der Waals surface area contributed by atoms with E-state index < -0.39 is 23.9 Å². The van der Waals surface area contributed by atoms with Crippen LogP contribution in [0.3, 0.4) is 0 Å². The molecule has 0 amide bonds. The highest BCUT2D eigenvalue weighted by atomic mass is 19.4.